The Hall–Kier alpha value is -0.620. The van der Waals surface area contributed by atoms with Crippen molar-refractivity contribution in [1.82, 2.24) is 9.03 Å². The first-order chi connectivity index (χ1) is 8.99. The van der Waals surface area contributed by atoms with Gasteiger partial charge < -0.3 is 0 Å². The summed E-state index contributed by atoms with van der Waals surface area (Å²) in [6, 6.07) is 7.25. The van der Waals surface area contributed by atoms with Gasteiger partial charge in [-0.1, -0.05) is 36.7 Å². The summed E-state index contributed by atoms with van der Waals surface area (Å²) >= 11 is 6.01. The highest BCUT2D eigenvalue weighted by Gasteiger charge is 2.25. The average Bonchev–Trinajstić information content (AvgIpc) is 2.38. The molecule has 0 spiro atoms. The lowest BCUT2D eigenvalue weighted by molar-refractivity contribution is 0.285. The maximum absolute atomic E-state index is 12.1. The van der Waals surface area contributed by atoms with E-state index in [1.165, 1.54) is 4.31 Å². The van der Waals surface area contributed by atoms with Crippen molar-refractivity contribution in [2.75, 3.05) is 13.1 Å². The van der Waals surface area contributed by atoms with Gasteiger partial charge in [0.1, 0.15) is 0 Å². The van der Waals surface area contributed by atoms with Crippen molar-refractivity contribution in [3.63, 3.8) is 0 Å². The van der Waals surface area contributed by atoms with E-state index in [0.29, 0.717) is 24.0 Å². The number of nitrogens with one attached hydrogen (secondary N) is 1. The zero-order chi connectivity index (χ0) is 13.9. The molecule has 106 valence electrons. The number of benzene rings is 1. The lowest BCUT2D eigenvalue weighted by Gasteiger charge is -2.29. The molecule has 0 atom stereocenters. The first-order valence-corrected chi connectivity index (χ1v) is 8.29. The van der Waals surface area contributed by atoms with Crippen LogP contribution in [-0.2, 0) is 16.8 Å². The van der Waals surface area contributed by atoms with Crippen molar-refractivity contribution >= 4 is 21.8 Å². The average molecular weight is 303 g/mol. The summed E-state index contributed by atoms with van der Waals surface area (Å²) in [4.78, 5) is 0. The van der Waals surface area contributed by atoms with Crippen molar-refractivity contribution in [3.05, 3.63) is 34.9 Å². The monoisotopic (exact) mass is 302 g/mol. The largest absolute Gasteiger partial charge is 0.279 e. The molecule has 0 saturated carbocycles. The molecule has 2 rings (SSSR count). The topological polar surface area (TPSA) is 49.4 Å². The van der Waals surface area contributed by atoms with E-state index in [4.69, 9.17) is 11.6 Å². The van der Waals surface area contributed by atoms with Gasteiger partial charge in [0.05, 0.1) is 0 Å². The van der Waals surface area contributed by atoms with Gasteiger partial charge in [-0.2, -0.15) is 17.4 Å². The van der Waals surface area contributed by atoms with Crippen LogP contribution in [0.1, 0.15) is 25.3 Å². The van der Waals surface area contributed by atoms with Crippen LogP contribution in [0.4, 0.5) is 0 Å². The fourth-order valence-electron chi connectivity index (χ4n) is 2.13. The Kier molecular flexibility index (Phi) is 4.84. The number of rotatable bonds is 4. The zero-order valence-electron chi connectivity index (χ0n) is 11.0. The van der Waals surface area contributed by atoms with E-state index in [1.54, 1.807) is 6.07 Å². The SMILES string of the molecule is CC1CCN(S(=O)(=O)NCc2ccccc2Cl)CC1. The second-order valence-electron chi connectivity index (χ2n) is 5.00. The summed E-state index contributed by atoms with van der Waals surface area (Å²) in [6.45, 7) is 3.58. The van der Waals surface area contributed by atoms with Crippen molar-refractivity contribution in [3.8, 4) is 0 Å². The fourth-order valence-corrected chi connectivity index (χ4v) is 3.54. The van der Waals surface area contributed by atoms with Gasteiger partial charge in [-0.25, -0.2) is 0 Å². The van der Waals surface area contributed by atoms with Crippen LogP contribution in [0.2, 0.25) is 5.02 Å². The smallest absolute Gasteiger partial charge is 0.198 e. The Labute approximate surface area is 119 Å². The van der Waals surface area contributed by atoms with E-state index in [0.717, 1.165) is 18.4 Å². The Morgan fingerprint density at radius 2 is 1.95 bits per heavy atom. The number of nitrogens with zero attached hydrogens (tertiary/aromatic N) is 1. The van der Waals surface area contributed by atoms with Gasteiger partial charge in [-0.15, -0.1) is 0 Å². The minimum atomic E-state index is -3.40. The van der Waals surface area contributed by atoms with Crippen molar-refractivity contribution in [2.45, 2.75) is 26.3 Å². The summed E-state index contributed by atoms with van der Waals surface area (Å²) in [5.41, 5.74) is 0.790. The quantitative estimate of drug-likeness (QED) is 0.928. The van der Waals surface area contributed by atoms with Crippen LogP contribution >= 0.6 is 11.6 Å². The van der Waals surface area contributed by atoms with Crippen LogP contribution in [0.25, 0.3) is 0 Å². The lowest BCUT2D eigenvalue weighted by atomic mass is 10.0. The maximum Gasteiger partial charge on any atom is 0.279 e. The molecule has 1 fully saturated rings. The standard InChI is InChI=1S/C13H19ClN2O2S/c1-11-6-8-16(9-7-11)19(17,18)15-10-12-4-2-3-5-13(12)14/h2-5,11,15H,6-10H2,1H3. The zero-order valence-corrected chi connectivity index (χ0v) is 12.5. The number of hydrogen-bond donors (Lipinski definition) is 1. The molecule has 0 radical (unpaired) electrons. The lowest BCUT2D eigenvalue weighted by Crippen LogP contribution is -2.44. The van der Waals surface area contributed by atoms with E-state index in [2.05, 4.69) is 11.6 Å². The van der Waals surface area contributed by atoms with E-state index >= 15 is 0 Å². The molecular formula is C13H19ClN2O2S. The van der Waals surface area contributed by atoms with E-state index in [1.807, 2.05) is 18.2 Å². The van der Waals surface area contributed by atoms with Crippen molar-refractivity contribution < 1.29 is 8.42 Å². The van der Waals surface area contributed by atoms with Gasteiger partial charge in [0, 0.05) is 24.7 Å². The molecule has 6 heteroatoms. The summed E-state index contributed by atoms with van der Waals surface area (Å²) in [5, 5.41) is 0.581. The molecule has 1 aromatic rings. The normalized spacial score (nSPS) is 18.6. The Bertz CT molecular complexity index is 525. The molecule has 0 unspecified atom stereocenters. The van der Waals surface area contributed by atoms with Gasteiger partial charge in [-0.05, 0) is 30.4 Å². The second kappa shape index (κ2) is 6.22. The molecule has 0 amide bonds. The highest BCUT2D eigenvalue weighted by Crippen LogP contribution is 2.19. The predicted octanol–water partition coefficient (Wildman–Crippen LogP) is 2.41. The highest BCUT2D eigenvalue weighted by molar-refractivity contribution is 7.87. The Balaban J connectivity index is 1.96. The first-order valence-electron chi connectivity index (χ1n) is 6.47. The van der Waals surface area contributed by atoms with Gasteiger partial charge in [0.15, 0.2) is 0 Å². The molecule has 4 nitrogen and oxygen atoms in total. The number of halogens is 1. The molecule has 1 aliphatic heterocycles. The minimum absolute atomic E-state index is 0.230. The molecule has 1 heterocycles. The van der Waals surface area contributed by atoms with Gasteiger partial charge in [0.2, 0.25) is 0 Å². The molecular weight excluding hydrogens is 284 g/mol. The molecule has 0 aliphatic carbocycles. The third-order valence-corrected chi connectivity index (χ3v) is 5.41. The molecule has 0 aromatic heterocycles. The van der Waals surface area contributed by atoms with Gasteiger partial charge >= 0.3 is 0 Å². The Morgan fingerprint density at radius 1 is 1.32 bits per heavy atom. The predicted molar refractivity (Wildman–Crippen MR) is 77.2 cm³/mol. The molecule has 19 heavy (non-hydrogen) atoms. The van der Waals surface area contributed by atoms with Crippen LogP contribution < -0.4 is 4.72 Å². The highest BCUT2D eigenvalue weighted by atomic mass is 35.5. The minimum Gasteiger partial charge on any atom is -0.198 e. The molecule has 1 saturated heterocycles. The van der Waals surface area contributed by atoms with Crippen LogP contribution in [-0.4, -0.2) is 25.8 Å². The third-order valence-electron chi connectivity index (χ3n) is 3.49. The van der Waals surface area contributed by atoms with Crippen LogP contribution in [0, 0.1) is 5.92 Å². The van der Waals surface area contributed by atoms with Crippen LogP contribution in [0.5, 0.6) is 0 Å². The third kappa shape index (κ3) is 3.92. The summed E-state index contributed by atoms with van der Waals surface area (Å²) in [6.07, 6.45) is 1.85. The summed E-state index contributed by atoms with van der Waals surface area (Å²) in [7, 11) is -3.40. The molecule has 1 aliphatic rings. The fraction of sp³-hybridized carbons (Fsp3) is 0.538. The molecule has 0 bridgehead atoms. The van der Waals surface area contributed by atoms with Crippen molar-refractivity contribution in [2.24, 2.45) is 5.92 Å². The van der Waals surface area contributed by atoms with E-state index in [9.17, 15) is 8.42 Å². The Morgan fingerprint density at radius 3 is 2.58 bits per heavy atom. The van der Waals surface area contributed by atoms with E-state index < -0.39 is 10.2 Å². The number of piperidine rings is 1. The first kappa shape index (κ1) is 14.8. The molecule has 1 N–H and O–H groups in total. The van der Waals surface area contributed by atoms with Crippen LogP contribution in [0.15, 0.2) is 24.3 Å². The van der Waals surface area contributed by atoms with Crippen LogP contribution in [0.3, 0.4) is 0 Å². The second-order valence-corrected chi connectivity index (χ2v) is 7.16. The molecule has 1 aromatic carbocycles. The summed E-state index contributed by atoms with van der Waals surface area (Å²) in [5.74, 6) is 0.606. The maximum atomic E-state index is 12.1. The van der Waals surface area contributed by atoms with Gasteiger partial charge in [-0.3, -0.25) is 0 Å². The number of hydrogen-bond acceptors (Lipinski definition) is 2. The van der Waals surface area contributed by atoms with Gasteiger partial charge in [0.25, 0.3) is 10.2 Å². The summed E-state index contributed by atoms with van der Waals surface area (Å²) < 4.78 is 28.4. The van der Waals surface area contributed by atoms with E-state index in [-0.39, 0.29) is 6.54 Å². The van der Waals surface area contributed by atoms with Crippen molar-refractivity contribution in [1.29, 1.82) is 0 Å².